The number of carbonyl (C=O) groups excluding carboxylic acids is 1. The molecule has 0 saturated heterocycles. The van der Waals surface area contributed by atoms with Crippen molar-refractivity contribution in [1.29, 1.82) is 0 Å². The summed E-state index contributed by atoms with van der Waals surface area (Å²) in [7, 11) is 0. The molecule has 0 fully saturated rings. The normalized spacial score (nSPS) is 13.1. The van der Waals surface area contributed by atoms with E-state index in [0.717, 1.165) is 5.57 Å². The topological polar surface area (TPSA) is 40.1 Å². The van der Waals surface area contributed by atoms with Gasteiger partial charge in [0.2, 0.25) is 0 Å². The van der Waals surface area contributed by atoms with Crippen LogP contribution >= 0.6 is 0 Å². The van der Waals surface area contributed by atoms with Gasteiger partial charge in [-0.05, 0) is 6.92 Å². The van der Waals surface area contributed by atoms with Crippen molar-refractivity contribution < 1.29 is 39.5 Å². The SMILES string of the molecule is C=C/C(C)=C/[C@H](C)C(=O)[O-].[Na+]. The average molecular weight is 162 g/mol. The van der Waals surface area contributed by atoms with E-state index in [9.17, 15) is 9.90 Å². The molecule has 0 aromatic rings. The third-order valence-corrected chi connectivity index (χ3v) is 1.21. The molecule has 11 heavy (non-hydrogen) atoms. The monoisotopic (exact) mass is 162 g/mol. The molecule has 0 aliphatic carbocycles. The summed E-state index contributed by atoms with van der Waals surface area (Å²) >= 11 is 0. The number of hydrogen-bond donors (Lipinski definition) is 0. The molecule has 2 nitrogen and oxygen atoms in total. The fourth-order valence-corrected chi connectivity index (χ4v) is 0.530. The number of carbonyl (C=O) groups is 1. The van der Waals surface area contributed by atoms with Crippen molar-refractivity contribution in [3.05, 3.63) is 24.3 Å². The third-order valence-electron chi connectivity index (χ3n) is 1.21. The molecule has 0 aromatic carbocycles. The number of carboxylic acids is 1. The van der Waals surface area contributed by atoms with Gasteiger partial charge < -0.3 is 9.90 Å². The van der Waals surface area contributed by atoms with E-state index in [4.69, 9.17) is 0 Å². The van der Waals surface area contributed by atoms with E-state index in [0.29, 0.717) is 0 Å². The molecule has 0 radical (unpaired) electrons. The van der Waals surface area contributed by atoms with Crippen LogP contribution < -0.4 is 34.7 Å². The Labute approximate surface area is 89.3 Å². The minimum absolute atomic E-state index is 0. The van der Waals surface area contributed by atoms with Crippen LogP contribution in [0.3, 0.4) is 0 Å². The Balaban J connectivity index is 0. The van der Waals surface area contributed by atoms with Crippen LogP contribution in [0.1, 0.15) is 13.8 Å². The number of rotatable bonds is 3. The van der Waals surface area contributed by atoms with E-state index in [1.54, 1.807) is 26.0 Å². The Morgan fingerprint density at radius 1 is 1.64 bits per heavy atom. The van der Waals surface area contributed by atoms with Crippen molar-refractivity contribution in [2.75, 3.05) is 0 Å². The standard InChI is InChI=1S/C8H12O2.Na/c1-4-6(2)5-7(3)8(9)10;/h4-5,7H,1H2,2-3H3,(H,9,10);/q;+1/p-1/b6-5+;/t7-;/m0./s1. The van der Waals surface area contributed by atoms with Crippen molar-refractivity contribution in [1.82, 2.24) is 0 Å². The van der Waals surface area contributed by atoms with Gasteiger partial charge in [-0.1, -0.05) is 31.2 Å². The quantitative estimate of drug-likeness (QED) is 0.340. The minimum Gasteiger partial charge on any atom is -0.550 e. The molecule has 3 heteroatoms. The van der Waals surface area contributed by atoms with Crippen molar-refractivity contribution in [2.45, 2.75) is 13.8 Å². The number of aliphatic carboxylic acids is 1. The van der Waals surface area contributed by atoms with Crippen molar-refractivity contribution >= 4 is 5.97 Å². The summed E-state index contributed by atoms with van der Waals surface area (Å²) in [5.74, 6) is -1.58. The summed E-state index contributed by atoms with van der Waals surface area (Å²) in [4.78, 5) is 10.2. The summed E-state index contributed by atoms with van der Waals surface area (Å²) in [5.41, 5.74) is 0.858. The maximum atomic E-state index is 10.2. The van der Waals surface area contributed by atoms with Gasteiger partial charge in [-0.3, -0.25) is 0 Å². The van der Waals surface area contributed by atoms with Crippen LogP contribution in [-0.4, -0.2) is 5.97 Å². The zero-order chi connectivity index (χ0) is 8.15. The minimum atomic E-state index is -1.05. The van der Waals surface area contributed by atoms with Crippen LogP contribution in [0.4, 0.5) is 0 Å². The fraction of sp³-hybridized carbons (Fsp3) is 0.375. The number of carboxylic acid groups (broad SMARTS) is 1. The second-order valence-corrected chi connectivity index (χ2v) is 2.22. The van der Waals surface area contributed by atoms with E-state index in [2.05, 4.69) is 6.58 Å². The second-order valence-electron chi connectivity index (χ2n) is 2.22. The van der Waals surface area contributed by atoms with Gasteiger partial charge in [-0.25, -0.2) is 0 Å². The molecule has 56 valence electrons. The molecule has 0 aromatic heterocycles. The van der Waals surface area contributed by atoms with Crippen molar-refractivity contribution in [2.24, 2.45) is 5.92 Å². The predicted molar refractivity (Wildman–Crippen MR) is 38.1 cm³/mol. The largest absolute Gasteiger partial charge is 1.00 e. The maximum absolute atomic E-state index is 10.2. The molecule has 0 N–H and O–H groups in total. The third kappa shape index (κ3) is 6.35. The second kappa shape index (κ2) is 6.65. The Morgan fingerprint density at radius 2 is 2.09 bits per heavy atom. The molecule has 0 rings (SSSR count). The van der Waals surface area contributed by atoms with Crippen LogP contribution in [0.5, 0.6) is 0 Å². The fourth-order valence-electron chi connectivity index (χ4n) is 0.530. The van der Waals surface area contributed by atoms with E-state index in [1.807, 2.05) is 0 Å². The summed E-state index contributed by atoms with van der Waals surface area (Å²) in [6, 6.07) is 0. The Bertz CT molecular complexity index is 173. The molecule has 0 heterocycles. The number of hydrogen-bond acceptors (Lipinski definition) is 2. The molecule has 0 amide bonds. The van der Waals surface area contributed by atoms with Gasteiger partial charge >= 0.3 is 29.6 Å². The van der Waals surface area contributed by atoms with Crippen LogP contribution in [0, 0.1) is 5.92 Å². The summed E-state index contributed by atoms with van der Waals surface area (Å²) < 4.78 is 0. The Morgan fingerprint density at radius 3 is 2.36 bits per heavy atom. The first kappa shape index (κ1) is 13.5. The molecule has 0 aliphatic heterocycles. The molecule has 0 unspecified atom stereocenters. The van der Waals surface area contributed by atoms with Crippen LogP contribution in [0.25, 0.3) is 0 Å². The summed E-state index contributed by atoms with van der Waals surface area (Å²) in [5, 5.41) is 10.2. The molecule has 0 aliphatic rings. The predicted octanol–water partition coefficient (Wildman–Crippen LogP) is -2.49. The maximum Gasteiger partial charge on any atom is 1.00 e. The first-order valence-electron chi connectivity index (χ1n) is 3.09. The number of allylic oxidation sites excluding steroid dienone is 2. The average Bonchev–Trinajstić information content (AvgIpc) is 1.87. The van der Waals surface area contributed by atoms with Gasteiger partial charge in [0.05, 0.1) is 0 Å². The smallest absolute Gasteiger partial charge is 0.550 e. The van der Waals surface area contributed by atoms with Crippen molar-refractivity contribution in [3.63, 3.8) is 0 Å². The summed E-state index contributed by atoms with van der Waals surface area (Å²) in [6.07, 6.45) is 3.21. The van der Waals surface area contributed by atoms with Crippen molar-refractivity contribution in [3.8, 4) is 0 Å². The van der Waals surface area contributed by atoms with E-state index >= 15 is 0 Å². The van der Waals surface area contributed by atoms with Gasteiger partial charge in [0, 0.05) is 11.9 Å². The van der Waals surface area contributed by atoms with E-state index in [-0.39, 0.29) is 29.6 Å². The van der Waals surface area contributed by atoms with Crippen LogP contribution in [0.15, 0.2) is 24.3 Å². The zero-order valence-electron chi connectivity index (χ0n) is 7.26. The zero-order valence-corrected chi connectivity index (χ0v) is 9.26. The summed E-state index contributed by atoms with van der Waals surface area (Å²) in [6.45, 7) is 6.86. The molecule has 1 atom stereocenters. The van der Waals surface area contributed by atoms with Gasteiger partial charge in [0.25, 0.3) is 0 Å². The van der Waals surface area contributed by atoms with Gasteiger partial charge in [0.15, 0.2) is 0 Å². The first-order chi connectivity index (χ1) is 4.57. The molecular formula is C8H11NaO2. The molecule has 0 saturated carbocycles. The Kier molecular flexibility index (Phi) is 8.18. The Hall–Kier alpha value is -0.0500. The molecule has 0 bridgehead atoms. The molecule has 0 spiro atoms. The van der Waals surface area contributed by atoms with E-state index in [1.165, 1.54) is 0 Å². The van der Waals surface area contributed by atoms with Crippen LogP contribution in [-0.2, 0) is 4.79 Å². The van der Waals surface area contributed by atoms with Gasteiger partial charge in [-0.15, -0.1) is 0 Å². The van der Waals surface area contributed by atoms with E-state index < -0.39 is 11.9 Å². The first-order valence-corrected chi connectivity index (χ1v) is 3.09. The van der Waals surface area contributed by atoms with Gasteiger partial charge in [0.1, 0.15) is 0 Å². The molecular weight excluding hydrogens is 151 g/mol. The van der Waals surface area contributed by atoms with Crippen LogP contribution in [0.2, 0.25) is 0 Å². The van der Waals surface area contributed by atoms with Gasteiger partial charge in [-0.2, -0.15) is 0 Å².